The van der Waals surface area contributed by atoms with Crippen molar-refractivity contribution in [2.24, 2.45) is 16.6 Å². The average molecular weight is 871 g/mol. The molecule has 7 N–H and O–H groups in total. The molecule has 0 saturated heterocycles. The molecule has 0 heterocycles. The summed E-state index contributed by atoms with van der Waals surface area (Å²) in [6.07, 6.45) is -9.73. The van der Waals surface area contributed by atoms with Crippen molar-refractivity contribution >= 4 is 34.9 Å². The number of phenols is 2. The average Bonchev–Trinajstić information content (AvgIpc) is 3.12. The van der Waals surface area contributed by atoms with Gasteiger partial charge in [0.05, 0.1) is 11.1 Å². The van der Waals surface area contributed by atoms with Gasteiger partial charge in [0.15, 0.2) is 5.84 Å². The highest BCUT2D eigenvalue weighted by Crippen LogP contribution is 2.44. The molecule has 1 amide bonds. The normalized spacial score (nSPS) is 11.9. The zero-order valence-corrected chi connectivity index (χ0v) is 30.6. The number of halogens is 12. The van der Waals surface area contributed by atoms with Crippen molar-refractivity contribution in [1.82, 2.24) is 0 Å². The van der Waals surface area contributed by atoms with Gasteiger partial charge in [-0.15, -0.1) is 0 Å². The van der Waals surface area contributed by atoms with E-state index in [1.165, 1.54) is 12.1 Å². The molecule has 0 aromatic heterocycles. The number of amidine groups is 1. The van der Waals surface area contributed by atoms with E-state index in [1.54, 1.807) is 0 Å². The van der Waals surface area contributed by atoms with Crippen LogP contribution in [0.1, 0.15) is 27.0 Å². The van der Waals surface area contributed by atoms with Gasteiger partial charge in [-0.1, -0.05) is 28.4 Å². The van der Waals surface area contributed by atoms with Crippen LogP contribution in [0.4, 0.5) is 43.9 Å². The molecule has 6 aromatic carbocycles. The van der Waals surface area contributed by atoms with Crippen molar-refractivity contribution in [1.29, 1.82) is 0 Å². The maximum Gasteiger partial charge on any atom is 0.416 e. The van der Waals surface area contributed by atoms with Crippen LogP contribution in [0.15, 0.2) is 102 Å². The molecule has 0 aliphatic heterocycles. The SMILES string of the molecule is NC(=NO)c1cc(C(F)(F)F)cc(-c2ccc(O)cc2F)c1-c1cc(F)cc(Cl)c1.NC(=O)c1cc(C(F)(F)F)cc(-c2ccc(O)cc2F)c1-c1cc(F)cc(Cl)c1. The summed E-state index contributed by atoms with van der Waals surface area (Å²) >= 11 is 11.7. The number of aromatic hydroxyl groups is 2. The van der Waals surface area contributed by atoms with Crippen LogP contribution in [0, 0.1) is 23.3 Å². The van der Waals surface area contributed by atoms with E-state index in [1.807, 2.05) is 0 Å². The van der Waals surface area contributed by atoms with Gasteiger partial charge in [-0.05, 0) is 107 Å². The lowest BCUT2D eigenvalue weighted by molar-refractivity contribution is -0.138. The number of carbonyl (C=O) groups is 1. The van der Waals surface area contributed by atoms with E-state index in [0.29, 0.717) is 36.4 Å². The molecule has 59 heavy (non-hydrogen) atoms. The van der Waals surface area contributed by atoms with Gasteiger partial charge in [0.25, 0.3) is 0 Å². The second kappa shape index (κ2) is 16.8. The molecule has 0 aliphatic rings. The lowest BCUT2D eigenvalue weighted by Gasteiger charge is -2.19. The Morgan fingerprint density at radius 3 is 1.27 bits per heavy atom. The van der Waals surface area contributed by atoms with Crippen LogP contribution in [-0.2, 0) is 12.4 Å². The molecule has 7 nitrogen and oxygen atoms in total. The van der Waals surface area contributed by atoms with E-state index in [-0.39, 0.29) is 54.6 Å². The summed E-state index contributed by atoms with van der Waals surface area (Å²) in [6.45, 7) is 0. The summed E-state index contributed by atoms with van der Waals surface area (Å²) in [5.41, 5.74) is 5.55. The zero-order chi connectivity index (χ0) is 43.7. The van der Waals surface area contributed by atoms with Crippen LogP contribution < -0.4 is 11.5 Å². The number of alkyl halides is 6. The molecule has 19 heteroatoms. The Morgan fingerprint density at radius 2 is 0.932 bits per heavy atom. The predicted molar refractivity (Wildman–Crippen MR) is 199 cm³/mol. The highest BCUT2D eigenvalue weighted by Gasteiger charge is 2.35. The van der Waals surface area contributed by atoms with Gasteiger partial charge in [-0.3, -0.25) is 4.79 Å². The largest absolute Gasteiger partial charge is 0.508 e. The third-order valence-electron chi connectivity index (χ3n) is 8.37. The Labute approximate surface area is 336 Å². The number of primary amides is 1. The molecule has 0 spiro atoms. The summed E-state index contributed by atoms with van der Waals surface area (Å²) in [5.74, 6) is -6.56. The number of phenolic OH excluding ortho intramolecular Hbond substituents is 2. The third kappa shape index (κ3) is 9.81. The Hall–Kier alpha value is -6.46. The number of amides is 1. The van der Waals surface area contributed by atoms with E-state index < -0.39 is 81.1 Å². The molecule has 6 aromatic rings. The quantitative estimate of drug-likeness (QED) is 0.0372. The Morgan fingerprint density at radius 1 is 0.542 bits per heavy atom. The molecule has 6 rings (SSSR count). The van der Waals surface area contributed by atoms with Gasteiger partial charge >= 0.3 is 12.4 Å². The monoisotopic (exact) mass is 869 g/mol. The van der Waals surface area contributed by atoms with Gasteiger partial charge in [-0.25, -0.2) is 17.6 Å². The van der Waals surface area contributed by atoms with Crippen molar-refractivity contribution in [2.45, 2.75) is 12.4 Å². The van der Waals surface area contributed by atoms with Crippen LogP contribution >= 0.6 is 23.2 Å². The second-order valence-corrected chi connectivity index (χ2v) is 13.3. The topological polar surface area (TPSA) is 142 Å². The van der Waals surface area contributed by atoms with E-state index in [0.717, 1.165) is 48.5 Å². The fourth-order valence-electron chi connectivity index (χ4n) is 5.95. The van der Waals surface area contributed by atoms with Crippen LogP contribution in [0.25, 0.3) is 44.5 Å². The van der Waals surface area contributed by atoms with Crippen molar-refractivity contribution in [3.05, 3.63) is 153 Å². The van der Waals surface area contributed by atoms with Crippen LogP contribution in [-0.4, -0.2) is 27.2 Å². The van der Waals surface area contributed by atoms with Gasteiger partial charge in [0.2, 0.25) is 5.91 Å². The third-order valence-corrected chi connectivity index (χ3v) is 8.81. The van der Waals surface area contributed by atoms with Crippen molar-refractivity contribution in [3.8, 4) is 56.0 Å². The van der Waals surface area contributed by atoms with Gasteiger partial charge in [-0.2, -0.15) is 26.3 Å². The number of benzene rings is 6. The molecule has 0 fully saturated rings. The smallest absolute Gasteiger partial charge is 0.416 e. The first-order chi connectivity index (χ1) is 27.5. The first kappa shape index (κ1) is 43.7. The predicted octanol–water partition coefficient (Wildman–Crippen LogP) is 11.5. The summed E-state index contributed by atoms with van der Waals surface area (Å²) in [5, 5.41) is 30.5. The molecule has 0 radical (unpaired) electrons. The molecular weight excluding hydrogens is 847 g/mol. The summed E-state index contributed by atoms with van der Waals surface area (Å²) in [6, 6.07) is 14.3. The van der Waals surface area contributed by atoms with E-state index in [2.05, 4.69) is 5.16 Å². The summed E-state index contributed by atoms with van der Waals surface area (Å²) in [7, 11) is 0. The zero-order valence-electron chi connectivity index (χ0n) is 29.1. The van der Waals surface area contributed by atoms with E-state index in [4.69, 9.17) is 39.9 Å². The molecule has 0 bridgehead atoms. The molecule has 0 atom stereocenters. The van der Waals surface area contributed by atoms with Gasteiger partial charge in [0, 0.05) is 55.6 Å². The highest BCUT2D eigenvalue weighted by atomic mass is 35.5. The first-order valence-corrected chi connectivity index (χ1v) is 16.9. The lowest BCUT2D eigenvalue weighted by atomic mass is 9.87. The lowest BCUT2D eigenvalue weighted by Crippen LogP contribution is -2.17. The number of nitrogens with two attached hydrogens (primary N) is 2. The van der Waals surface area contributed by atoms with E-state index in [9.17, 15) is 58.9 Å². The molecule has 0 saturated carbocycles. The minimum absolute atomic E-state index is 0.0298. The minimum atomic E-state index is -4.87. The summed E-state index contributed by atoms with van der Waals surface area (Å²) < 4.78 is 138. The first-order valence-electron chi connectivity index (χ1n) is 16.2. The summed E-state index contributed by atoms with van der Waals surface area (Å²) in [4.78, 5) is 12.0. The van der Waals surface area contributed by atoms with E-state index >= 15 is 0 Å². The number of rotatable bonds is 6. The van der Waals surface area contributed by atoms with Crippen LogP contribution in [0.5, 0.6) is 11.5 Å². The maximum absolute atomic E-state index is 14.6. The minimum Gasteiger partial charge on any atom is -0.508 e. The number of hydrogen-bond acceptors (Lipinski definition) is 5. The molecule has 0 unspecified atom stereocenters. The van der Waals surface area contributed by atoms with Crippen LogP contribution in [0.3, 0.4) is 0 Å². The number of oxime groups is 1. The molecular formula is C40H23Cl2F10N3O4. The number of nitrogens with zero attached hydrogens (tertiary/aromatic N) is 1. The maximum atomic E-state index is 14.6. The molecule has 306 valence electrons. The Balaban J connectivity index is 0.000000224. The highest BCUT2D eigenvalue weighted by molar-refractivity contribution is 6.31. The number of carbonyl (C=O) groups excluding carboxylic acids is 1. The fraction of sp³-hybridized carbons (Fsp3) is 0.0500. The van der Waals surface area contributed by atoms with Gasteiger partial charge in [0.1, 0.15) is 34.8 Å². The number of hydrogen-bond donors (Lipinski definition) is 5. The van der Waals surface area contributed by atoms with Crippen LogP contribution in [0.2, 0.25) is 10.0 Å². The standard InChI is InChI=1S/C20H12ClF5N2O2.C20H11ClF5NO2/c21-11-3-9(4-12(22)7-11)18-15(14-2-1-13(29)8-17(14)23)5-10(20(24,25)26)6-16(18)19(27)28-30;21-11-3-9(4-12(22)7-11)18-15(14-2-1-13(28)8-17(14)23)5-10(20(24,25)26)6-16(18)19(27)29/h1-8,29-30H,(H2,27,28);1-8,28H,(H2,27,29). The fourth-order valence-corrected chi connectivity index (χ4v) is 6.39. The van der Waals surface area contributed by atoms with Crippen molar-refractivity contribution in [3.63, 3.8) is 0 Å². The Kier molecular flexibility index (Phi) is 12.4. The van der Waals surface area contributed by atoms with Crippen molar-refractivity contribution in [2.75, 3.05) is 0 Å². The van der Waals surface area contributed by atoms with Crippen molar-refractivity contribution < 1.29 is 64.1 Å². The van der Waals surface area contributed by atoms with Gasteiger partial charge < -0.3 is 26.9 Å². The molecule has 0 aliphatic carbocycles. The Bertz CT molecular complexity index is 2610. The second-order valence-electron chi connectivity index (χ2n) is 12.4.